The van der Waals surface area contributed by atoms with E-state index in [4.69, 9.17) is 4.74 Å². The molecule has 0 amide bonds. The number of anilines is 1. The molecule has 1 atom stereocenters. The zero-order chi connectivity index (χ0) is 11.7. The van der Waals surface area contributed by atoms with Gasteiger partial charge in [0.2, 0.25) is 0 Å². The zero-order valence-corrected chi connectivity index (χ0v) is 9.93. The average molecular weight is 219 g/mol. The molecule has 1 aliphatic rings. The predicted molar refractivity (Wildman–Crippen MR) is 63.6 cm³/mol. The summed E-state index contributed by atoms with van der Waals surface area (Å²) >= 11 is 0. The third-order valence-corrected chi connectivity index (χ3v) is 3.05. The number of carbonyl (C=O) groups is 1. The highest BCUT2D eigenvalue weighted by molar-refractivity contribution is 5.84. The van der Waals surface area contributed by atoms with Crippen LogP contribution >= 0.6 is 0 Å². The largest absolute Gasteiger partial charge is 0.467 e. The number of hydrogen-bond acceptors (Lipinski definition) is 3. The van der Waals surface area contributed by atoms with E-state index in [0.717, 1.165) is 12.1 Å². The van der Waals surface area contributed by atoms with Crippen molar-refractivity contribution in [1.29, 1.82) is 0 Å². The van der Waals surface area contributed by atoms with Crippen molar-refractivity contribution in [2.75, 3.05) is 12.0 Å². The Balaban J connectivity index is 2.37. The molecule has 3 heteroatoms. The summed E-state index contributed by atoms with van der Waals surface area (Å²) in [4.78, 5) is 13.9. The van der Waals surface area contributed by atoms with E-state index in [1.54, 1.807) is 0 Å². The highest BCUT2D eigenvalue weighted by Crippen LogP contribution is 2.33. The van der Waals surface area contributed by atoms with E-state index in [-0.39, 0.29) is 12.0 Å². The minimum absolute atomic E-state index is 0.148. The summed E-state index contributed by atoms with van der Waals surface area (Å²) < 4.78 is 4.87. The van der Waals surface area contributed by atoms with Gasteiger partial charge in [-0.1, -0.05) is 18.2 Å². The number of ether oxygens (including phenoxy) is 1. The lowest BCUT2D eigenvalue weighted by Gasteiger charge is -2.29. The average Bonchev–Trinajstić information content (AvgIpc) is 2.67. The van der Waals surface area contributed by atoms with E-state index >= 15 is 0 Å². The number of rotatable bonds is 2. The van der Waals surface area contributed by atoms with Gasteiger partial charge in [0.15, 0.2) is 0 Å². The zero-order valence-electron chi connectivity index (χ0n) is 9.93. The van der Waals surface area contributed by atoms with Crippen molar-refractivity contribution in [1.82, 2.24) is 0 Å². The summed E-state index contributed by atoms with van der Waals surface area (Å²) in [5, 5.41) is 0. The molecule has 0 aliphatic carbocycles. The molecule has 0 saturated carbocycles. The van der Waals surface area contributed by atoms with E-state index in [9.17, 15) is 4.79 Å². The SMILES string of the molecule is COC(=O)[C@@H]1Cc2ccccc2N1C(C)C. The van der Waals surface area contributed by atoms with Crippen molar-refractivity contribution in [2.45, 2.75) is 32.4 Å². The second kappa shape index (κ2) is 4.16. The standard InChI is InChI=1S/C13H17NO2/c1-9(2)14-11-7-5-4-6-10(11)8-12(14)13(15)16-3/h4-7,9,12H,8H2,1-3H3/t12-/m0/s1. The number of carbonyl (C=O) groups excluding carboxylic acids is 1. The highest BCUT2D eigenvalue weighted by atomic mass is 16.5. The van der Waals surface area contributed by atoms with Crippen LogP contribution in [0.5, 0.6) is 0 Å². The van der Waals surface area contributed by atoms with Gasteiger partial charge >= 0.3 is 5.97 Å². The van der Waals surface area contributed by atoms with Crippen molar-refractivity contribution in [3.05, 3.63) is 29.8 Å². The smallest absolute Gasteiger partial charge is 0.328 e. The Morgan fingerprint density at radius 1 is 1.44 bits per heavy atom. The lowest BCUT2D eigenvalue weighted by molar-refractivity contribution is -0.142. The first-order chi connectivity index (χ1) is 7.65. The maximum absolute atomic E-state index is 11.7. The molecule has 0 bridgehead atoms. The Morgan fingerprint density at radius 3 is 2.75 bits per heavy atom. The second-order valence-corrected chi connectivity index (χ2v) is 4.37. The van der Waals surface area contributed by atoms with E-state index < -0.39 is 0 Å². The predicted octanol–water partition coefficient (Wildman–Crippen LogP) is 2.00. The molecule has 1 aliphatic heterocycles. The molecule has 0 aromatic heterocycles. The van der Waals surface area contributed by atoms with E-state index in [2.05, 4.69) is 30.9 Å². The molecule has 0 spiro atoms. The Labute approximate surface area is 96.0 Å². The van der Waals surface area contributed by atoms with Gasteiger partial charge in [0.25, 0.3) is 0 Å². The molecule has 0 saturated heterocycles. The molecule has 16 heavy (non-hydrogen) atoms. The second-order valence-electron chi connectivity index (χ2n) is 4.37. The monoisotopic (exact) mass is 219 g/mol. The maximum Gasteiger partial charge on any atom is 0.328 e. The third kappa shape index (κ3) is 1.66. The molecular formula is C13H17NO2. The number of para-hydroxylation sites is 1. The van der Waals surface area contributed by atoms with Crippen LogP contribution in [-0.4, -0.2) is 25.2 Å². The van der Waals surface area contributed by atoms with Gasteiger partial charge in [-0.05, 0) is 25.5 Å². The summed E-state index contributed by atoms with van der Waals surface area (Å²) in [6.07, 6.45) is 0.751. The van der Waals surface area contributed by atoms with Gasteiger partial charge in [-0.3, -0.25) is 0 Å². The van der Waals surface area contributed by atoms with Crippen LogP contribution in [0, 0.1) is 0 Å². The number of esters is 1. The highest BCUT2D eigenvalue weighted by Gasteiger charge is 2.36. The first-order valence-electron chi connectivity index (χ1n) is 5.59. The Bertz CT molecular complexity index is 401. The molecular weight excluding hydrogens is 202 g/mol. The lowest BCUT2D eigenvalue weighted by atomic mass is 10.1. The molecule has 0 radical (unpaired) electrons. The first kappa shape index (κ1) is 11.0. The van der Waals surface area contributed by atoms with Gasteiger partial charge in [0.1, 0.15) is 6.04 Å². The molecule has 2 rings (SSSR count). The topological polar surface area (TPSA) is 29.5 Å². The van der Waals surface area contributed by atoms with Crippen LogP contribution in [0.4, 0.5) is 5.69 Å². The lowest BCUT2D eigenvalue weighted by Crippen LogP contribution is -2.43. The quantitative estimate of drug-likeness (QED) is 0.712. The van der Waals surface area contributed by atoms with Gasteiger partial charge < -0.3 is 9.64 Å². The normalized spacial score (nSPS) is 18.8. The first-order valence-corrected chi connectivity index (χ1v) is 5.59. The summed E-state index contributed by atoms with van der Waals surface area (Å²) in [5.74, 6) is -0.148. The fourth-order valence-electron chi connectivity index (χ4n) is 2.38. The van der Waals surface area contributed by atoms with Gasteiger partial charge in [0.05, 0.1) is 7.11 Å². The van der Waals surface area contributed by atoms with Crippen molar-refractivity contribution in [2.24, 2.45) is 0 Å². The van der Waals surface area contributed by atoms with Crippen LogP contribution < -0.4 is 4.90 Å². The van der Waals surface area contributed by atoms with Crippen molar-refractivity contribution in [3.63, 3.8) is 0 Å². The van der Waals surface area contributed by atoms with Crippen LogP contribution in [0.3, 0.4) is 0 Å². The van der Waals surface area contributed by atoms with Gasteiger partial charge in [-0.2, -0.15) is 0 Å². The Morgan fingerprint density at radius 2 is 2.12 bits per heavy atom. The molecule has 1 aromatic carbocycles. The van der Waals surface area contributed by atoms with E-state index in [1.807, 2.05) is 12.1 Å². The summed E-state index contributed by atoms with van der Waals surface area (Å²) in [6, 6.07) is 8.30. The van der Waals surface area contributed by atoms with Crippen LogP contribution in [0.25, 0.3) is 0 Å². The molecule has 86 valence electrons. The van der Waals surface area contributed by atoms with E-state index in [0.29, 0.717) is 6.04 Å². The van der Waals surface area contributed by atoms with Crippen molar-refractivity contribution < 1.29 is 9.53 Å². The number of nitrogens with zero attached hydrogens (tertiary/aromatic N) is 1. The maximum atomic E-state index is 11.7. The molecule has 1 aromatic rings. The molecule has 0 N–H and O–H groups in total. The number of hydrogen-bond donors (Lipinski definition) is 0. The number of benzene rings is 1. The summed E-state index contributed by atoms with van der Waals surface area (Å²) in [6.45, 7) is 4.19. The van der Waals surface area contributed by atoms with Gasteiger partial charge in [-0.15, -0.1) is 0 Å². The van der Waals surface area contributed by atoms with E-state index in [1.165, 1.54) is 12.7 Å². The van der Waals surface area contributed by atoms with Crippen molar-refractivity contribution in [3.8, 4) is 0 Å². The van der Waals surface area contributed by atoms with Gasteiger partial charge in [-0.25, -0.2) is 4.79 Å². The third-order valence-electron chi connectivity index (χ3n) is 3.05. The minimum Gasteiger partial charge on any atom is -0.467 e. The molecule has 1 heterocycles. The molecule has 3 nitrogen and oxygen atoms in total. The minimum atomic E-state index is -0.164. The summed E-state index contributed by atoms with van der Waals surface area (Å²) in [5.41, 5.74) is 2.39. The number of fused-ring (bicyclic) bond motifs is 1. The fourth-order valence-corrected chi connectivity index (χ4v) is 2.38. The van der Waals surface area contributed by atoms with Crippen LogP contribution in [0.1, 0.15) is 19.4 Å². The molecule has 0 fully saturated rings. The molecule has 0 unspecified atom stereocenters. The Hall–Kier alpha value is -1.51. The Kier molecular flexibility index (Phi) is 2.86. The van der Waals surface area contributed by atoms with Crippen LogP contribution in [-0.2, 0) is 16.0 Å². The fraction of sp³-hybridized carbons (Fsp3) is 0.462. The van der Waals surface area contributed by atoms with Gasteiger partial charge in [0, 0.05) is 18.2 Å². The number of methoxy groups -OCH3 is 1. The van der Waals surface area contributed by atoms with Crippen molar-refractivity contribution >= 4 is 11.7 Å². The van der Waals surface area contributed by atoms with Crippen LogP contribution in [0.15, 0.2) is 24.3 Å². The van der Waals surface area contributed by atoms with Crippen LogP contribution in [0.2, 0.25) is 0 Å². The summed E-state index contributed by atoms with van der Waals surface area (Å²) in [7, 11) is 1.45.